The van der Waals surface area contributed by atoms with E-state index >= 15 is 0 Å². The molecule has 104 valence electrons. The Balaban J connectivity index is 2.31. The normalized spacial score (nSPS) is 11.4. The van der Waals surface area contributed by atoms with E-state index in [0.717, 1.165) is 18.2 Å². The molecule has 1 nitrogen and oxygen atoms in total. The van der Waals surface area contributed by atoms with Crippen LogP contribution in [0.15, 0.2) is 48.5 Å². The molecule has 0 bridgehead atoms. The van der Waals surface area contributed by atoms with Crippen LogP contribution in [-0.4, -0.2) is 5.78 Å². The van der Waals surface area contributed by atoms with Crippen molar-refractivity contribution < 1.29 is 22.4 Å². The van der Waals surface area contributed by atoms with Crippen molar-refractivity contribution in [3.05, 3.63) is 71.0 Å². The number of halogens is 4. The third-order valence-electron chi connectivity index (χ3n) is 2.79. The van der Waals surface area contributed by atoms with Gasteiger partial charge in [-0.15, -0.1) is 0 Å². The highest BCUT2D eigenvalue weighted by Crippen LogP contribution is 2.32. The maximum atomic E-state index is 13.0. The molecule has 0 fully saturated rings. The Bertz CT molecular complexity index is 632. The van der Waals surface area contributed by atoms with E-state index in [-0.39, 0.29) is 6.42 Å². The summed E-state index contributed by atoms with van der Waals surface area (Å²) >= 11 is 0. The Morgan fingerprint density at radius 3 is 2.35 bits per heavy atom. The molecule has 0 saturated heterocycles. The molecule has 0 unspecified atom stereocenters. The number of ketones is 1. The van der Waals surface area contributed by atoms with Crippen LogP contribution in [0.5, 0.6) is 0 Å². The Kier molecular flexibility index (Phi) is 3.88. The average molecular weight is 282 g/mol. The summed E-state index contributed by atoms with van der Waals surface area (Å²) in [5.41, 5.74) is -1.03. The number of hydrogen-bond acceptors (Lipinski definition) is 1. The molecular weight excluding hydrogens is 272 g/mol. The van der Waals surface area contributed by atoms with Crippen LogP contribution in [0.3, 0.4) is 0 Å². The number of benzene rings is 2. The molecular formula is C15H10F4O. The molecule has 0 aliphatic carbocycles. The molecule has 0 saturated carbocycles. The maximum absolute atomic E-state index is 13.0. The number of Topliss-reactive ketones (excluding diaryl/α,β-unsaturated/α-hetero) is 1. The third kappa shape index (κ3) is 3.23. The predicted molar refractivity (Wildman–Crippen MR) is 65.9 cm³/mol. The predicted octanol–water partition coefficient (Wildman–Crippen LogP) is 4.27. The lowest BCUT2D eigenvalue weighted by atomic mass is 9.98. The molecule has 0 amide bonds. The van der Waals surface area contributed by atoms with Crippen molar-refractivity contribution in [3.8, 4) is 0 Å². The van der Waals surface area contributed by atoms with Gasteiger partial charge in [-0.05, 0) is 23.8 Å². The molecule has 0 N–H and O–H groups in total. The first-order valence-corrected chi connectivity index (χ1v) is 5.82. The second kappa shape index (κ2) is 5.45. The topological polar surface area (TPSA) is 17.1 Å². The number of alkyl halides is 3. The monoisotopic (exact) mass is 282 g/mol. The van der Waals surface area contributed by atoms with Crippen LogP contribution in [0.4, 0.5) is 17.6 Å². The van der Waals surface area contributed by atoms with Crippen LogP contribution in [0.1, 0.15) is 21.5 Å². The first-order valence-electron chi connectivity index (χ1n) is 5.82. The van der Waals surface area contributed by atoms with Crippen molar-refractivity contribution in [2.24, 2.45) is 0 Å². The maximum Gasteiger partial charge on any atom is 0.417 e. The summed E-state index contributed by atoms with van der Waals surface area (Å²) in [6.07, 6.45) is -4.86. The molecule has 0 aliphatic rings. The minimum absolute atomic E-state index is 0.273. The van der Waals surface area contributed by atoms with E-state index in [1.54, 1.807) is 0 Å². The van der Waals surface area contributed by atoms with Crippen molar-refractivity contribution in [2.75, 3.05) is 0 Å². The quantitative estimate of drug-likeness (QED) is 0.607. The van der Waals surface area contributed by atoms with Crippen LogP contribution in [0, 0.1) is 5.82 Å². The third-order valence-corrected chi connectivity index (χ3v) is 2.79. The van der Waals surface area contributed by atoms with Gasteiger partial charge in [0.1, 0.15) is 5.82 Å². The highest BCUT2D eigenvalue weighted by molar-refractivity contribution is 5.99. The molecule has 0 spiro atoms. The summed E-state index contributed by atoms with van der Waals surface area (Å²) in [5, 5.41) is 0. The fourth-order valence-corrected chi connectivity index (χ4v) is 1.90. The highest BCUT2D eigenvalue weighted by atomic mass is 19.4. The molecule has 2 aromatic rings. The lowest BCUT2D eigenvalue weighted by Crippen LogP contribution is -2.14. The van der Waals surface area contributed by atoms with Crippen LogP contribution in [0.25, 0.3) is 0 Å². The number of rotatable bonds is 3. The Morgan fingerprint density at radius 2 is 1.70 bits per heavy atom. The number of carbonyl (C=O) groups excluding carboxylic acids is 1. The van der Waals surface area contributed by atoms with E-state index in [9.17, 15) is 22.4 Å². The van der Waals surface area contributed by atoms with Gasteiger partial charge in [-0.3, -0.25) is 4.79 Å². The fraction of sp³-hybridized carbons (Fsp3) is 0.133. The molecule has 20 heavy (non-hydrogen) atoms. The standard InChI is InChI=1S/C15H10F4O/c16-11-5-3-4-10(8-11)9-14(20)12-6-1-2-7-13(12)15(17,18)19/h1-8H,9H2. The van der Waals surface area contributed by atoms with Crippen molar-refractivity contribution in [1.29, 1.82) is 0 Å². The van der Waals surface area contributed by atoms with Gasteiger partial charge in [0.15, 0.2) is 5.78 Å². The first kappa shape index (κ1) is 14.2. The molecule has 0 aromatic heterocycles. The van der Waals surface area contributed by atoms with Crippen LogP contribution in [-0.2, 0) is 12.6 Å². The molecule has 0 radical (unpaired) electrons. The second-order valence-electron chi connectivity index (χ2n) is 4.27. The van der Waals surface area contributed by atoms with Crippen molar-refractivity contribution in [3.63, 3.8) is 0 Å². The van der Waals surface area contributed by atoms with E-state index < -0.39 is 28.9 Å². The SMILES string of the molecule is O=C(Cc1cccc(F)c1)c1ccccc1C(F)(F)F. The van der Waals surface area contributed by atoms with Crippen molar-refractivity contribution >= 4 is 5.78 Å². The molecule has 2 rings (SSSR count). The molecule has 0 atom stereocenters. The van der Waals surface area contributed by atoms with Crippen molar-refractivity contribution in [2.45, 2.75) is 12.6 Å². The van der Waals surface area contributed by atoms with Gasteiger partial charge in [-0.1, -0.05) is 30.3 Å². The van der Waals surface area contributed by atoms with Gasteiger partial charge in [0.25, 0.3) is 0 Å². The van der Waals surface area contributed by atoms with E-state index in [4.69, 9.17) is 0 Å². The van der Waals surface area contributed by atoms with E-state index in [0.29, 0.717) is 5.56 Å². The number of carbonyl (C=O) groups is 1. The molecule has 0 heterocycles. The van der Waals surface area contributed by atoms with Crippen molar-refractivity contribution in [1.82, 2.24) is 0 Å². The zero-order valence-electron chi connectivity index (χ0n) is 10.2. The van der Waals surface area contributed by atoms with Crippen LogP contribution >= 0.6 is 0 Å². The van der Waals surface area contributed by atoms with E-state index in [1.165, 1.54) is 30.3 Å². The summed E-state index contributed by atoms with van der Waals surface area (Å²) in [6.45, 7) is 0. The lowest BCUT2D eigenvalue weighted by molar-refractivity contribution is -0.137. The Labute approximate surface area is 112 Å². The zero-order chi connectivity index (χ0) is 14.8. The summed E-state index contributed by atoms with van der Waals surface area (Å²) in [7, 11) is 0. The summed E-state index contributed by atoms with van der Waals surface area (Å²) in [6, 6.07) is 9.83. The molecule has 2 aromatic carbocycles. The minimum atomic E-state index is -4.59. The number of hydrogen-bond donors (Lipinski definition) is 0. The smallest absolute Gasteiger partial charge is 0.294 e. The fourth-order valence-electron chi connectivity index (χ4n) is 1.90. The Morgan fingerprint density at radius 1 is 1.00 bits per heavy atom. The highest BCUT2D eigenvalue weighted by Gasteiger charge is 2.34. The largest absolute Gasteiger partial charge is 0.417 e. The summed E-state index contributed by atoms with van der Waals surface area (Å²) in [5.74, 6) is -1.22. The summed E-state index contributed by atoms with van der Waals surface area (Å²) < 4.78 is 51.4. The van der Waals surface area contributed by atoms with E-state index in [1.807, 2.05) is 0 Å². The van der Waals surface area contributed by atoms with Gasteiger partial charge < -0.3 is 0 Å². The van der Waals surface area contributed by atoms with Gasteiger partial charge in [0.2, 0.25) is 0 Å². The minimum Gasteiger partial charge on any atom is -0.294 e. The van der Waals surface area contributed by atoms with Crippen LogP contribution in [0.2, 0.25) is 0 Å². The van der Waals surface area contributed by atoms with Gasteiger partial charge >= 0.3 is 6.18 Å². The molecule has 0 aliphatic heterocycles. The van der Waals surface area contributed by atoms with Gasteiger partial charge in [0.05, 0.1) is 5.56 Å². The Hall–Kier alpha value is -2.17. The van der Waals surface area contributed by atoms with Gasteiger partial charge in [-0.25, -0.2) is 4.39 Å². The lowest BCUT2D eigenvalue weighted by Gasteiger charge is -2.11. The zero-order valence-corrected chi connectivity index (χ0v) is 10.2. The second-order valence-corrected chi connectivity index (χ2v) is 4.27. The first-order chi connectivity index (χ1) is 9.38. The van der Waals surface area contributed by atoms with Crippen LogP contribution < -0.4 is 0 Å². The average Bonchev–Trinajstić information content (AvgIpc) is 2.37. The summed E-state index contributed by atoms with van der Waals surface area (Å²) in [4.78, 5) is 12.0. The molecule has 5 heteroatoms. The van der Waals surface area contributed by atoms with Gasteiger partial charge in [0, 0.05) is 12.0 Å². The van der Waals surface area contributed by atoms with Gasteiger partial charge in [-0.2, -0.15) is 13.2 Å². The van der Waals surface area contributed by atoms with E-state index in [2.05, 4.69) is 0 Å².